The predicted octanol–water partition coefficient (Wildman–Crippen LogP) is 2.24. The predicted molar refractivity (Wildman–Crippen MR) is 97.3 cm³/mol. The molecule has 6 nitrogen and oxygen atoms in total. The third-order valence-electron chi connectivity index (χ3n) is 5.04. The highest BCUT2D eigenvalue weighted by Crippen LogP contribution is 2.59. The third-order valence-corrected chi connectivity index (χ3v) is 5.04. The van der Waals surface area contributed by atoms with Crippen LogP contribution in [0.1, 0.15) is 34.1 Å². The molecule has 2 aromatic rings. The molecular formula is C19H26N4O2. The van der Waals surface area contributed by atoms with Gasteiger partial charge in [-0.15, -0.1) is 5.10 Å². The number of amides is 1. The fraction of sp³-hybridized carbons (Fsp3) is 0.526. The van der Waals surface area contributed by atoms with Crippen LogP contribution in [0, 0.1) is 17.3 Å². The highest BCUT2D eigenvalue weighted by Gasteiger charge is 2.60. The number of carbonyl (C=O) groups excluding carboxylic acids is 1. The Hall–Kier alpha value is -2.37. The van der Waals surface area contributed by atoms with E-state index in [1.807, 2.05) is 6.07 Å². The Bertz CT molecular complexity index is 871. The van der Waals surface area contributed by atoms with Crippen LogP contribution in [0.15, 0.2) is 40.8 Å². The number of aryl methyl sites for hydroxylation is 1. The number of hydrogen-bond acceptors (Lipinski definition) is 3. The number of carbonyl (C=O) groups is 1. The zero-order valence-corrected chi connectivity index (χ0v) is 15.3. The lowest BCUT2D eigenvalue weighted by atomic mass is 10.1. The molecule has 2 unspecified atom stereocenters. The Kier molecular flexibility index (Phi) is 4.54. The van der Waals surface area contributed by atoms with E-state index in [2.05, 4.69) is 44.2 Å². The van der Waals surface area contributed by atoms with E-state index in [9.17, 15) is 9.59 Å². The van der Waals surface area contributed by atoms with E-state index < -0.39 is 0 Å². The summed E-state index contributed by atoms with van der Waals surface area (Å²) in [6, 6.07) is 5.46. The molecule has 0 bridgehead atoms. The molecule has 0 spiro atoms. The third kappa shape index (κ3) is 3.38. The summed E-state index contributed by atoms with van der Waals surface area (Å²) in [7, 11) is 0. The molecule has 1 aliphatic carbocycles. The minimum Gasteiger partial charge on any atom is -0.356 e. The van der Waals surface area contributed by atoms with Crippen LogP contribution in [0.5, 0.6) is 0 Å². The Morgan fingerprint density at radius 3 is 2.80 bits per heavy atom. The number of nitrogens with one attached hydrogen (secondary N) is 1. The van der Waals surface area contributed by atoms with Crippen molar-refractivity contribution in [3.8, 4) is 0 Å². The summed E-state index contributed by atoms with van der Waals surface area (Å²) in [5.41, 5.74) is 1.77. The molecule has 2 aromatic heterocycles. The monoisotopic (exact) mass is 342 g/mol. The first kappa shape index (κ1) is 17.5. The lowest BCUT2D eigenvalue weighted by Gasteiger charge is -2.06. The average Bonchev–Trinajstić information content (AvgIpc) is 2.93. The van der Waals surface area contributed by atoms with Crippen molar-refractivity contribution in [2.75, 3.05) is 6.54 Å². The van der Waals surface area contributed by atoms with Crippen molar-refractivity contribution in [3.05, 3.63) is 46.5 Å². The van der Waals surface area contributed by atoms with Gasteiger partial charge >= 0.3 is 5.69 Å². The van der Waals surface area contributed by atoms with E-state index in [0.29, 0.717) is 31.1 Å². The van der Waals surface area contributed by atoms with Gasteiger partial charge in [-0.3, -0.25) is 9.20 Å². The molecule has 1 fully saturated rings. The van der Waals surface area contributed by atoms with Gasteiger partial charge in [0.2, 0.25) is 5.91 Å². The minimum absolute atomic E-state index is 0.0277. The quantitative estimate of drug-likeness (QED) is 0.647. The normalized spacial score (nSPS) is 21.1. The maximum atomic E-state index is 12.4. The molecule has 0 aliphatic heterocycles. The van der Waals surface area contributed by atoms with E-state index >= 15 is 0 Å². The van der Waals surface area contributed by atoms with Crippen LogP contribution in [-0.2, 0) is 11.3 Å². The summed E-state index contributed by atoms with van der Waals surface area (Å²) in [4.78, 5) is 24.6. The van der Waals surface area contributed by atoms with Crippen LogP contribution in [0.25, 0.3) is 5.65 Å². The van der Waals surface area contributed by atoms with E-state index in [1.165, 1.54) is 14.7 Å². The van der Waals surface area contributed by atoms with E-state index in [4.69, 9.17) is 0 Å². The van der Waals surface area contributed by atoms with Crippen molar-refractivity contribution in [2.45, 2.75) is 40.7 Å². The molecular weight excluding hydrogens is 316 g/mol. The molecule has 2 heterocycles. The second kappa shape index (κ2) is 6.50. The van der Waals surface area contributed by atoms with E-state index in [1.54, 1.807) is 18.3 Å². The molecule has 1 aliphatic rings. The fourth-order valence-electron chi connectivity index (χ4n) is 3.51. The summed E-state index contributed by atoms with van der Waals surface area (Å²) in [6.45, 7) is 9.45. The SMILES string of the molecule is CC(C)=CC1C(C(=O)NCCCn2nc3ccccn3c2=O)C1(C)C. The first-order chi connectivity index (χ1) is 11.8. The number of aromatic nitrogens is 3. The molecule has 1 N–H and O–H groups in total. The molecule has 2 atom stereocenters. The number of fused-ring (bicyclic) bond motifs is 1. The van der Waals surface area contributed by atoms with Crippen LogP contribution in [0.4, 0.5) is 0 Å². The van der Waals surface area contributed by atoms with Crippen LogP contribution < -0.4 is 11.0 Å². The molecule has 0 saturated heterocycles. The van der Waals surface area contributed by atoms with Gasteiger partial charge in [0, 0.05) is 19.3 Å². The summed E-state index contributed by atoms with van der Waals surface area (Å²) < 4.78 is 2.98. The lowest BCUT2D eigenvalue weighted by molar-refractivity contribution is -0.123. The van der Waals surface area contributed by atoms with E-state index in [-0.39, 0.29) is 22.9 Å². The largest absolute Gasteiger partial charge is 0.356 e. The van der Waals surface area contributed by atoms with Gasteiger partial charge in [-0.05, 0) is 43.7 Å². The molecule has 25 heavy (non-hydrogen) atoms. The number of allylic oxidation sites excluding steroid dienone is 2. The van der Waals surface area contributed by atoms with Crippen LogP contribution in [0.3, 0.4) is 0 Å². The van der Waals surface area contributed by atoms with Crippen LogP contribution >= 0.6 is 0 Å². The molecule has 0 radical (unpaired) electrons. The summed E-state index contributed by atoms with van der Waals surface area (Å²) >= 11 is 0. The lowest BCUT2D eigenvalue weighted by Crippen LogP contribution is -2.29. The maximum absolute atomic E-state index is 12.4. The second-order valence-corrected chi connectivity index (χ2v) is 7.65. The van der Waals surface area contributed by atoms with Crippen molar-refractivity contribution in [3.63, 3.8) is 0 Å². The topological polar surface area (TPSA) is 68.4 Å². The molecule has 1 saturated carbocycles. The molecule has 0 aromatic carbocycles. The van der Waals surface area contributed by atoms with Gasteiger partial charge in [-0.2, -0.15) is 0 Å². The molecule has 6 heteroatoms. The number of pyridine rings is 1. The minimum atomic E-state index is -0.145. The van der Waals surface area contributed by atoms with Crippen LogP contribution in [0.2, 0.25) is 0 Å². The van der Waals surface area contributed by atoms with Crippen molar-refractivity contribution in [2.24, 2.45) is 17.3 Å². The van der Waals surface area contributed by atoms with Gasteiger partial charge in [0.05, 0.1) is 5.92 Å². The zero-order valence-electron chi connectivity index (χ0n) is 15.3. The number of rotatable bonds is 6. The smallest absolute Gasteiger partial charge is 0.350 e. The standard InChI is InChI=1S/C19H26N4O2/c1-13(2)12-14-16(19(14,3)4)17(24)20-9-7-11-23-18(25)22-10-6-5-8-15(22)21-23/h5-6,8,10,12,14,16H,7,9,11H2,1-4H3,(H,20,24). The summed E-state index contributed by atoms with van der Waals surface area (Å²) in [5, 5.41) is 7.30. The maximum Gasteiger partial charge on any atom is 0.350 e. The van der Waals surface area contributed by atoms with Gasteiger partial charge in [0.1, 0.15) is 0 Å². The van der Waals surface area contributed by atoms with Crippen molar-refractivity contribution in [1.29, 1.82) is 0 Å². The van der Waals surface area contributed by atoms with Gasteiger partial charge in [0.15, 0.2) is 5.65 Å². The van der Waals surface area contributed by atoms with Gasteiger partial charge in [-0.1, -0.05) is 31.6 Å². The van der Waals surface area contributed by atoms with Gasteiger partial charge < -0.3 is 5.32 Å². The number of hydrogen-bond donors (Lipinski definition) is 1. The van der Waals surface area contributed by atoms with Crippen LogP contribution in [-0.4, -0.2) is 26.6 Å². The van der Waals surface area contributed by atoms with Crippen molar-refractivity contribution >= 4 is 11.6 Å². The average molecular weight is 342 g/mol. The molecule has 134 valence electrons. The Morgan fingerprint density at radius 2 is 2.12 bits per heavy atom. The van der Waals surface area contributed by atoms with Crippen molar-refractivity contribution < 1.29 is 4.79 Å². The Labute approximate surface area is 147 Å². The summed E-state index contributed by atoms with van der Waals surface area (Å²) in [6.07, 6.45) is 4.58. The van der Waals surface area contributed by atoms with Crippen molar-refractivity contribution in [1.82, 2.24) is 19.5 Å². The summed E-state index contributed by atoms with van der Waals surface area (Å²) in [5.74, 6) is 0.466. The highest BCUT2D eigenvalue weighted by molar-refractivity contribution is 5.83. The fourth-order valence-corrected chi connectivity index (χ4v) is 3.51. The molecule has 1 amide bonds. The van der Waals surface area contributed by atoms with Gasteiger partial charge in [0.25, 0.3) is 0 Å². The first-order valence-corrected chi connectivity index (χ1v) is 8.79. The Morgan fingerprint density at radius 1 is 1.36 bits per heavy atom. The highest BCUT2D eigenvalue weighted by atomic mass is 16.2. The molecule has 3 rings (SSSR count). The zero-order chi connectivity index (χ0) is 18.2. The van der Waals surface area contributed by atoms with E-state index in [0.717, 1.165) is 0 Å². The Balaban J connectivity index is 1.52. The number of nitrogens with zero attached hydrogens (tertiary/aromatic N) is 3. The second-order valence-electron chi connectivity index (χ2n) is 7.65. The van der Waals surface area contributed by atoms with Gasteiger partial charge in [-0.25, -0.2) is 9.48 Å². The first-order valence-electron chi connectivity index (χ1n) is 8.79.